The highest BCUT2D eigenvalue weighted by atomic mass is 32.2. The average molecular weight is 346 g/mol. The fraction of sp³-hybridized carbons (Fsp3) is 0.533. The first-order valence-corrected chi connectivity index (χ1v) is 8.74. The van der Waals surface area contributed by atoms with Crippen molar-refractivity contribution in [1.82, 2.24) is 4.90 Å². The van der Waals surface area contributed by atoms with Crippen LogP contribution >= 0.6 is 0 Å². The van der Waals surface area contributed by atoms with Gasteiger partial charge in [-0.1, -0.05) is 18.7 Å². The number of allylic oxidation sites excluding steroid dienone is 3. The van der Waals surface area contributed by atoms with Crippen LogP contribution in [0.3, 0.4) is 0 Å². The van der Waals surface area contributed by atoms with Gasteiger partial charge in [0, 0.05) is 13.1 Å². The second-order valence-corrected chi connectivity index (χ2v) is 7.75. The van der Waals surface area contributed by atoms with Crippen molar-refractivity contribution in [3.63, 3.8) is 0 Å². The van der Waals surface area contributed by atoms with Crippen LogP contribution in [0.4, 0.5) is 0 Å². The molecule has 0 saturated heterocycles. The zero-order chi connectivity index (χ0) is 18.1. The Bertz CT molecular complexity index is 559. The molecule has 0 radical (unpaired) electrons. The largest absolute Gasteiger partial charge is 0.544 e. The summed E-state index contributed by atoms with van der Waals surface area (Å²) >= 11 is 0. The molecule has 0 unspecified atom stereocenters. The number of hydrogen-bond donors (Lipinski definition) is 1. The van der Waals surface area contributed by atoms with Gasteiger partial charge in [0.1, 0.15) is 6.54 Å². The van der Waals surface area contributed by atoms with Crippen LogP contribution in [0.25, 0.3) is 0 Å². The van der Waals surface area contributed by atoms with E-state index in [0.717, 1.165) is 12.1 Å². The first-order chi connectivity index (χ1) is 10.4. The number of rotatable bonds is 7. The van der Waals surface area contributed by atoms with Gasteiger partial charge in [-0.05, 0) is 24.3 Å². The van der Waals surface area contributed by atoms with E-state index in [1.54, 1.807) is 27.2 Å². The van der Waals surface area contributed by atoms with Crippen molar-refractivity contribution in [2.45, 2.75) is 6.42 Å². The minimum absolute atomic E-state index is 0.0694. The van der Waals surface area contributed by atoms with Gasteiger partial charge in [-0.15, -0.1) is 0 Å². The van der Waals surface area contributed by atoms with Gasteiger partial charge in [0.2, 0.25) is 0 Å². The van der Waals surface area contributed by atoms with E-state index in [2.05, 4.69) is 6.58 Å². The number of carboxylic acids is 1. The van der Waals surface area contributed by atoms with Crippen LogP contribution < -0.4 is 5.11 Å². The molecular formula is C15H26N2O5S. The third-order valence-electron chi connectivity index (χ3n) is 2.73. The molecule has 1 N–H and O–H groups in total. The lowest BCUT2D eigenvalue weighted by Crippen LogP contribution is -2.45. The Morgan fingerprint density at radius 1 is 1.48 bits per heavy atom. The van der Waals surface area contributed by atoms with Crippen LogP contribution in [0.15, 0.2) is 36.6 Å². The maximum Gasteiger partial charge on any atom is 0.264 e. The molecule has 1 heterocycles. The van der Waals surface area contributed by atoms with Crippen molar-refractivity contribution < 1.29 is 27.4 Å². The van der Waals surface area contributed by atoms with E-state index < -0.39 is 16.1 Å². The number of carboxylic acid groups (broad SMARTS) is 1. The number of likely N-dealkylation sites (N-methyl/N-ethyl adjacent to an activating group) is 1. The van der Waals surface area contributed by atoms with E-state index in [9.17, 15) is 18.3 Å². The lowest BCUT2D eigenvalue weighted by molar-refractivity contribution is -0.864. The fourth-order valence-electron chi connectivity index (χ4n) is 1.70. The second-order valence-electron chi connectivity index (χ2n) is 6.18. The van der Waals surface area contributed by atoms with Gasteiger partial charge in [-0.3, -0.25) is 4.55 Å². The predicted octanol–water partition coefficient (Wildman–Crippen LogP) is -0.351. The molecular weight excluding hydrogens is 320 g/mol. The van der Waals surface area contributed by atoms with Gasteiger partial charge >= 0.3 is 0 Å². The molecule has 0 aromatic carbocycles. The van der Waals surface area contributed by atoms with Crippen LogP contribution in [-0.4, -0.2) is 74.9 Å². The van der Waals surface area contributed by atoms with Crippen LogP contribution in [0.2, 0.25) is 0 Å². The molecule has 0 saturated carbocycles. The van der Waals surface area contributed by atoms with Gasteiger partial charge in [-0.25, -0.2) is 0 Å². The number of hydrogen-bond acceptors (Lipinski definition) is 5. The third kappa shape index (κ3) is 13.7. The van der Waals surface area contributed by atoms with Gasteiger partial charge < -0.3 is 19.3 Å². The Kier molecular flexibility index (Phi) is 8.81. The first-order valence-electron chi connectivity index (χ1n) is 7.13. The maximum atomic E-state index is 10.5. The molecule has 132 valence electrons. The minimum Gasteiger partial charge on any atom is -0.544 e. The minimum atomic E-state index is -3.82. The van der Waals surface area contributed by atoms with Crippen molar-refractivity contribution in [3.05, 3.63) is 36.6 Å². The molecule has 0 aliphatic carbocycles. The predicted molar refractivity (Wildman–Crippen MR) is 87.9 cm³/mol. The summed E-state index contributed by atoms with van der Waals surface area (Å²) in [4.78, 5) is 11.9. The second kappa shape index (κ2) is 9.49. The van der Waals surface area contributed by atoms with Gasteiger partial charge in [0.05, 0.1) is 32.9 Å². The molecule has 1 rings (SSSR count). The average Bonchev–Trinajstić information content (AvgIpc) is 2.36. The summed E-state index contributed by atoms with van der Waals surface area (Å²) in [5.41, 5.74) is 1.07. The van der Waals surface area contributed by atoms with Crippen LogP contribution in [-0.2, 0) is 14.9 Å². The Morgan fingerprint density at radius 3 is 2.39 bits per heavy atom. The summed E-state index contributed by atoms with van der Waals surface area (Å²) in [6.45, 7) is 5.10. The molecule has 0 bridgehead atoms. The Labute approximate surface area is 138 Å². The molecule has 0 spiro atoms. The van der Waals surface area contributed by atoms with Gasteiger partial charge in [-0.2, -0.15) is 8.42 Å². The molecule has 0 fully saturated rings. The molecule has 8 heteroatoms. The smallest absolute Gasteiger partial charge is 0.264 e. The molecule has 0 aromatic heterocycles. The number of carbonyl (C=O) groups is 1. The molecule has 0 atom stereocenters. The van der Waals surface area contributed by atoms with Gasteiger partial charge in [0.15, 0.2) is 0 Å². The first kappa shape index (κ1) is 21.4. The van der Waals surface area contributed by atoms with Crippen molar-refractivity contribution in [2.75, 3.05) is 46.5 Å². The van der Waals surface area contributed by atoms with Crippen LogP contribution in [0.1, 0.15) is 6.42 Å². The van der Waals surface area contributed by atoms with Crippen molar-refractivity contribution >= 4 is 16.1 Å². The zero-order valence-electron chi connectivity index (χ0n) is 13.9. The van der Waals surface area contributed by atoms with Crippen molar-refractivity contribution in [1.29, 1.82) is 0 Å². The highest BCUT2D eigenvalue weighted by molar-refractivity contribution is 7.85. The molecule has 7 nitrogen and oxygen atoms in total. The van der Waals surface area contributed by atoms with E-state index >= 15 is 0 Å². The summed E-state index contributed by atoms with van der Waals surface area (Å²) in [6, 6.07) is 0. The highest BCUT2D eigenvalue weighted by Gasteiger charge is 2.07. The summed E-state index contributed by atoms with van der Waals surface area (Å²) < 4.78 is 29.9. The SMILES string of the molecule is C=CC1=CCN(CCCS(=O)(=O)O)C=C1.C[N+](C)(C)CC(=O)[O-]. The molecule has 0 aromatic rings. The van der Waals surface area contributed by atoms with Crippen molar-refractivity contribution in [3.8, 4) is 0 Å². The summed E-state index contributed by atoms with van der Waals surface area (Å²) in [5.74, 6) is -1.19. The third-order valence-corrected chi connectivity index (χ3v) is 3.53. The van der Waals surface area contributed by atoms with Gasteiger partial charge in [0.25, 0.3) is 10.1 Å². The molecule has 23 heavy (non-hydrogen) atoms. The summed E-state index contributed by atoms with van der Waals surface area (Å²) in [6.07, 6.45) is 8.04. The lowest BCUT2D eigenvalue weighted by atomic mass is 10.2. The summed E-state index contributed by atoms with van der Waals surface area (Å²) in [5, 5.41) is 9.89. The topological polar surface area (TPSA) is 97.7 Å². The number of nitrogens with zero attached hydrogens (tertiary/aromatic N) is 2. The normalized spacial score (nSPS) is 14.6. The fourth-order valence-corrected chi connectivity index (χ4v) is 2.19. The zero-order valence-corrected chi connectivity index (χ0v) is 14.8. The highest BCUT2D eigenvalue weighted by Crippen LogP contribution is 2.08. The number of quaternary nitrogens is 1. The summed E-state index contributed by atoms with van der Waals surface area (Å²) in [7, 11) is 1.58. The number of aliphatic carboxylic acids is 1. The van der Waals surface area contributed by atoms with E-state index in [4.69, 9.17) is 4.55 Å². The standard InChI is InChI=1S/C10H15NO3S.C5H11NO2/c1-2-10-4-7-11(8-5-10)6-3-9-15(12,13)14;1-6(2,3)4-5(7)8/h2,4-5,7H,1,3,6,8-9H2,(H,12,13,14);4H2,1-3H3. The van der Waals surface area contributed by atoms with Crippen LogP contribution in [0, 0.1) is 0 Å². The van der Waals surface area contributed by atoms with E-state index in [0.29, 0.717) is 17.4 Å². The number of carbonyl (C=O) groups excluding carboxylic acids is 1. The van der Waals surface area contributed by atoms with Crippen molar-refractivity contribution in [2.24, 2.45) is 0 Å². The monoisotopic (exact) mass is 346 g/mol. The molecule has 1 aliphatic heterocycles. The Morgan fingerprint density at radius 2 is 2.09 bits per heavy atom. The molecule has 1 aliphatic rings. The Hall–Kier alpha value is -1.64. The Balaban J connectivity index is 0.000000515. The maximum absolute atomic E-state index is 10.5. The van der Waals surface area contributed by atoms with E-state index in [1.165, 1.54) is 0 Å². The molecule has 0 amide bonds. The van der Waals surface area contributed by atoms with E-state index in [1.807, 2.05) is 23.3 Å². The van der Waals surface area contributed by atoms with Crippen LogP contribution in [0.5, 0.6) is 0 Å². The lowest BCUT2D eigenvalue weighted by Gasteiger charge is -2.23. The quantitative estimate of drug-likeness (QED) is 0.500. The van der Waals surface area contributed by atoms with E-state index in [-0.39, 0.29) is 12.3 Å².